The van der Waals surface area contributed by atoms with Crippen molar-refractivity contribution < 1.29 is 18.0 Å². The van der Waals surface area contributed by atoms with Gasteiger partial charge in [0.2, 0.25) is 15.9 Å². The van der Waals surface area contributed by atoms with Crippen LogP contribution >= 0.6 is 0 Å². The fourth-order valence-corrected chi connectivity index (χ4v) is 5.12. The van der Waals surface area contributed by atoms with E-state index in [-0.39, 0.29) is 37.1 Å². The number of sulfonamides is 1. The van der Waals surface area contributed by atoms with Gasteiger partial charge in [-0.15, -0.1) is 0 Å². The van der Waals surface area contributed by atoms with E-state index in [1.165, 1.54) is 24.3 Å². The summed E-state index contributed by atoms with van der Waals surface area (Å²) in [5, 5.41) is 20.2. The molecule has 43 heavy (non-hydrogen) atoms. The third-order valence-electron chi connectivity index (χ3n) is 5.94. The van der Waals surface area contributed by atoms with Gasteiger partial charge in [0.15, 0.2) is 12.0 Å². The molecule has 0 saturated carbocycles. The van der Waals surface area contributed by atoms with Crippen LogP contribution < -0.4 is 38.3 Å². The summed E-state index contributed by atoms with van der Waals surface area (Å²) in [6.45, 7) is 3.61. The largest absolute Gasteiger partial charge is 0.384 e. The van der Waals surface area contributed by atoms with Gasteiger partial charge in [0.1, 0.15) is 17.7 Å². The average Bonchev–Trinajstić information content (AvgIpc) is 2.93. The molecular weight excluding hydrogens is 572 g/mol. The van der Waals surface area contributed by atoms with E-state index in [1.807, 2.05) is 0 Å². The van der Waals surface area contributed by atoms with Crippen LogP contribution in [0, 0.1) is 28.6 Å². The van der Waals surface area contributed by atoms with Crippen LogP contribution in [0.2, 0.25) is 0 Å². The molecule has 2 atom stereocenters. The summed E-state index contributed by atoms with van der Waals surface area (Å²) < 4.78 is 28.3. The molecule has 2 rings (SSSR count). The highest BCUT2D eigenvalue weighted by molar-refractivity contribution is 7.88. The van der Waals surface area contributed by atoms with Gasteiger partial charge in [0, 0.05) is 24.1 Å². The third-order valence-corrected chi connectivity index (χ3v) is 7.26. The quantitative estimate of drug-likeness (QED) is 0.0562. The van der Waals surface area contributed by atoms with Crippen LogP contribution in [-0.4, -0.2) is 56.5 Å². The normalized spacial score (nSPS) is 12.3. The number of nitrogens with two attached hydrogens (primary N) is 4. The first-order valence-corrected chi connectivity index (χ1v) is 14.8. The average molecular weight is 611 g/mol. The second kappa shape index (κ2) is 15.9. The van der Waals surface area contributed by atoms with Gasteiger partial charge in [0.05, 0.1) is 12.3 Å². The maximum Gasteiger partial charge on any atom is 0.255 e. The molecule has 0 aliphatic carbocycles. The summed E-state index contributed by atoms with van der Waals surface area (Å²) in [4.78, 5) is 30.2. The van der Waals surface area contributed by atoms with Gasteiger partial charge in [-0.3, -0.25) is 25.4 Å². The molecule has 13 N–H and O–H groups in total. The molecule has 1 unspecified atom stereocenters. The van der Waals surface area contributed by atoms with Gasteiger partial charge in [-0.25, -0.2) is 13.1 Å². The Balaban J connectivity index is 2.18. The molecule has 0 fully saturated rings. The van der Waals surface area contributed by atoms with E-state index in [2.05, 4.69) is 32.2 Å². The molecule has 0 radical (unpaired) electrons. The van der Waals surface area contributed by atoms with Crippen molar-refractivity contribution in [3.05, 3.63) is 70.8 Å². The fraction of sp³-hybridized carbons (Fsp3) is 0.321. The minimum Gasteiger partial charge on any atom is -0.384 e. The van der Waals surface area contributed by atoms with Crippen LogP contribution in [0.25, 0.3) is 0 Å². The summed E-state index contributed by atoms with van der Waals surface area (Å²) in [5.41, 5.74) is 23.7. The van der Waals surface area contributed by atoms with Crippen molar-refractivity contribution in [2.45, 2.75) is 44.6 Å². The number of guanidine groups is 1. The highest BCUT2D eigenvalue weighted by Crippen LogP contribution is 2.11. The Labute approximate surface area is 251 Å². The summed E-state index contributed by atoms with van der Waals surface area (Å²) in [7, 11) is -4.00. The van der Waals surface area contributed by atoms with Gasteiger partial charge in [-0.1, -0.05) is 74.2 Å². The zero-order chi connectivity index (χ0) is 32.2. The molecule has 2 amide bonds. The highest BCUT2D eigenvalue weighted by Gasteiger charge is 2.30. The van der Waals surface area contributed by atoms with Crippen molar-refractivity contribution in [1.82, 2.24) is 15.4 Å². The van der Waals surface area contributed by atoms with Gasteiger partial charge in [0.25, 0.3) is 5.91 Å². The van der Waals surface area contributed by atoms with Crippen LogP contribution in [-0.2, 0) is 31.9 Å². The summed E-state index contributed by atoms with van der Waals surface area (Å²) >= 11 is 0. The first kappa shape index (κ1) is 34.3. The maximum atomic E-state index is 13.3. The molecule has 0 spiro atoms. The highest BCUT2D eigenvalue weighted by atomic mass is 32.2. The first-order valence-electron chi connectivity index (χ1n) is 13.2. The minimum atomic E-state index is -4.00. The number of carbonyl (C=O) groups excluding carboxylic acids is 2. The lowest BCUT2D eigenvalue weighted by Crippen LogP contribution is -2.55. The predicted octanol–water partition coefficient (Wildman–Crippen LogP) is -0.833. The zero-order valence-electron chi connectivity index (χ0n) is 24.0. The van der Waals surface area contributed by atoms with Crippen LogP contribution in [0.1, 0.15) is 42.5 Å². The number of amidine groups is 2. The molecule has 0 saturated heterocycles. The van der Waals surface area contributed by atoms with E-state index in [1.54, 1.807) is 38.1 Å². The Kier molecular flexibility index (Phi) is 12.7. The smallest absolute Gasteiger partial charge is 0.255 e. The minimum absolute atomic E-state index is 0.0874. The van der Waals surface area contributed by atoms with Gasteiger partial charge in [-0.05, 0) is 17.0 Å². The number of benzene rings is 2. The van der Waals surface area contributed by atoms with Crippen molar-refractivity contribution in [2.75, 3.05) is 6.54 Å². The standard InChI is InChI=1S/C28H38N10O4S/c1-17(2)23(38-43(41,42)16-19-8-12-21(13-9-19)25(31)32)27(40)37-22(5-3-4-14-35-28(33)34)26(39)36-15-18-6-10-20(11-7-18)24(29)30/h6-13,17,22-23,38H,4,14-16H2,1-2H3,(H3,29,30)(H3,31,32)(H,36,39)(H,37,40)(H4,33,34,35)/t22?,23-/m0/s1. The number of carbonyl (C=O) groups is 2. The number of nitrogen functional groups attached to an aromatic ring is 2. The van der Waals surface area contributed by atoms with E-state index in [4.69, 9.17) is 33.8 Å². The van der Waals surface area contributed by atoms with E-state index in [0.717, 1.165) is 0 Å². The van der Waals surface area contributed by atoms with E-state index >= 15 is 0 Å². The molecule has 15 heteroatoms. The molecule has 0 aliphatic rings. The second-order valence-electron chi connectivity index (χ2n) is 9.86. The molecular formula is C28H38N10O4S. The van der Waals surface area contributed by atoms with E-state index in [0.29, 0.717) is 22.3 Å². The summed E-state index contributed by atoms with van der Waals surface area (Å²) in [5.74, 6) is 2.87. The van der Waals surface area contributed by atoms with E-state index < -0.39 is 45.6 Å². The van der Waals surface area contributed by atoms with Crippen molar-refractivity contribution >= 4 is 39.5 Å². The number of nitrogens with one attached hydrogen (secondary N) is 5. The Morgan fingerprint density at radius 2 is 1.42 bits per heavy atom. The Morgan fingerprint density at radius 1 is 0.884 bits per heavy atom. The lowest BCUT2D eigenvalue weighted by Gasteiger charge is -2.23. The first-order chi connectivity index (χ1) is 20.2. The predicted molar refractivity (Wildman–Crippen MR) is 166 cm³/mol. The monoisotopic (exact) mass is 610 g/mol. The Hall–Kier alpha value is -4.94. The topological polar surface area (TPSA) is 269 Å². The number of hydrogen-bond acceptors (Lipinski definition) is 7. The van der Waals surface area contributed by atoms with Crippen molar-refractivity contribution in [2.24, 2.45) is 33.8 Å². The van der Waals surface area contributed by atoms with Crippen LogP contribution in [0.3, 0.4) is 0 Å². The molecule has 0 heterocycles. The lowest BCUT2D eigenvalue weighted by molar-refractivity contribution is -0.129. The molecule has 0 aromatic heterocycles. The number of amides is 2. The molecule has 0 aliphatic heterocycles. The Morgan fingerprint density at radius 3 is 1.91 bits per heavy atom. The SMILES string of the molecule is CC(C)[C@H](NS(=O)(=O)Cc1ccc(C(=N)N)cc1)C(=O)NC(C#CCCN=C(N)N)C(=O)NCc1ccc(C(=N)N)cc1. The van der Waals surface area contributed by atoms with Crippen LogP contribution in [0.15, 0.2) is 53.5 Å². The number of hydrogen-bond donors (Lipinski definition) is 9. The number of rotatable bonds is 14. The van der Waals surface area contributed by atoms with Gasteiger partial charge >= 0.3 is 0 Å². The number of nitrogens with zero attached hydrogens (tertiary/aromatic N) is 1. The zero-order valence-corrected chi connectivity index (χ0v) is 24.8. The Bertz CT molecular complexity index is 1510. The summed E-state index contributed by atoms with van der Waals surface area (Å²) in [6.07, 6.45) is 0.201. The molecule has 2 aromatic rings. The van der Waals surface area contributed by atoms with Gasteiger partial charge in [-0.2, -0.15) is 0 Å². The van der Waals surface area contributed by atoms with Crippen LogP contribution in [0.4, 0.5) is 0 Å². The molecule has 230 valence electrons. The molecule has 0 bridgehead atoms. The second-order valence-corrected chi connectivity index (χ2v) is 11.6. The molecule has 2 aromatic carbocycles. The fourth-order valence-electron chi connectivity index (χ4n) is 3.64. The number of aliphatic imine (C=N–C) groups is 1. The van der Waals surface area contributed by atoms with E-state index in [9.17, 15) is 18.0 Å². The van der Waals surface area contributed by atoms with Gasteiger partial charge < -0.3 is 33.6 Å². The molecule has 14 nitrogen and oxygen atoms in total. The van der Waals surface area contributed by atoms with Crippen molar-refractivity contribution in [3.63, 3.8) is 0 Å². The third kappa shape index (κ3) is 11.8. The van der Waals surface area contributed by atoms with Crippen molar-refractivity contribution in [3.8, 4) is 11.8 Å². The summed E-state index contributed by atoms with van der Waals surface area (Å²) in [6, 6.07) is 10.3. The maximum absolute atomic E-state index is 13.3. The van der Waals surface area contributed by atoms with Crippen LogP contribution in [0.5, 0.6) is 0 Å². The lowest BCUT2D eigenvalue weighted by atomic mass is 10.0. The van der Waals surface area contributed by atoms with Crippen molar-refractivity contribution in [1.29, 1.82) is 10.8 Å².